The Hall–Kier alpha value is -0.800. The smallest absolute Gasteiger partial charge is 0.134 e. The molecule has 3 rings (SSSR count). The molecule has 0 bridgehead atoms. The average molecular weight is 294 g/mol. The zero-order valence-corrected chi connectivity index (χ0v) is 11.5. The van der Waals surface area contributed by atoms with Crippen LogP contribution in [0.4, 0.5) is 0 Å². The number of hydrogen-bond acceptors (Lipinski definition) is 2. The Balaban J connectivity index is 1.78. The topological polar surface area (TPSA) is 25.2 Å². The largest absolute Gasteiger partial charge is 0.459 e. The lowest BCUT2D eigenvalue weighted by Gasteiger charge is -2.09. The van der Waals surface area contributed by atoms with Crippen molar-refractivity contribution in [2.75, 3.05) is 6.54 Å². The van der Waals surface area contributed by atoms with E-state index < -0.39 is 0 Å². The summed E-state index contributed by atoms with van der Waals surface area (Å²) in [5, 5.41) is 4.69. The predicted octanol–water partition coefficient (Wildman–Crippen LogP) is 4.26. The van der Waals surface area contributed by atoms with Crippen LogP contribution in [0.25, 0.3) is 11.0 Å². The van der Waals surface area contributed by atoms with Crippen LogP contribution < -0.4 is 5.32 Å². The first-order valence-corrected chi connectivity index (χ1v) is 6.94. The lowest BCUT2D eigenvalue weighted by Crippen LogP contribution is -2.20. The molecule has 0 amide bonds. The third-order valence-corrected chi connectivity index (χ3v) is 3.83. The lowest BCUT2D eigenvalue weighted by molar-refractivity contribution is 0.445. The van der Waals surface area contributed by atoms with Gasteiger partial charge in [-0.2, -0.15) is 0 Å². The van der Waals surface area contributed by atoms with Crippen LogP contribution in [0.15, 0.2) is 33.2 Å². The van der Waals surface area contributed by atoms with E-state index in [0.29, 0.717) is 6.04 Å². The second-order valence-corrected chi connectivity index (χ2v) is 5.82. The van der Waals surface area contributed by atoms with Crippen LogP contribution in [0.1, 0.15) is 31.6 Å². The van der Waals surface area contributed by atoms with E-state index in [9.17, 15) is 0 Å². The molecule has 1 unspecified atom stereocenters. The molecule has 3 heteroatoms. The predicted molar refractivity (Wildman–Crippen MR) is 73.1 cm³/mol. The fourth-order valence-corrected chi connectivity index (χ4v) is 2.39. The number of nitrogens with one attached hydrogen (secondary N) is 1. The Morgan fingerprint density at radius 2 is 2.24 bits per heavy atom. The van der Waals surface area contributed by atoms with Gasteiger partial charge in [0.05, 0.1) is 6.04 Å². The number of hydrogen-bond donors (Lipinski definition) is 1. The highest BCUT2D eigenvalue weighted by Crippen LogP contribution is 2.30. The summed E-state index contributed by atoms with van der Waals surface area (Å²) in [4.78, 5) is 0. The quantitative estimate of drug-likeness (QED) is 0.911. The first kappa shape index (κ1) is 11.3. The molecule has 1 heterocycles. The van der Waals surface area contributed by atoms with Crippen molar-refractivity contribution in [3.8, 4) is 0 Å². The Kier molecular flexibility index (Phi) is 2.97. The van der Waals surface area contributed by atoms with E-state index in [1.807, 2.05) is 12.1 Å². The molecule has 1 aromatic carbocycles. The molecular weight excluding hydrogens is 278 g/mol. The van der Waals surface area contributed by atoms with Crippen molar-refractivity contribution in [2.24, 2.45) is 5.92 Å². The summed E-state index contributed by atoms with van der Waals surface area (Å²) in [6, 6.07) is 8.54. The molecule has 1 saturated carbocycles. The Bertz CT molecular complexity index is 530. The summed E-state index contributed by atoms with van der Waals surface area (Å²) in [6.07, 6.45) is 2.76. The van der Waals surface area contributed by atoms with E-state index in [-0.39, 0.29) is 0 Å². The third-order valence-electron chi connectivity index (χ3n) is 3.33. The normalized spacial score (nSPS) is 17.5. The minimum Gasteiger partial charge on any atom is -0.459 e. The first-order chi connectivity index (χ1) is 8.22. The Labute approximate surface area is 110 Å². The van der Waals surface area contributed by atoms with Crippen LogP contribution in [0.2, 0.25) is 0 Å². The molecule has 1 fully saturated rings. The van der Waals surface area contributed by atoms with Gasteiger partial charge in [-0.15, -0.1) is 0 Å². The molecule has 1 aliphatic carbocycles. The van der Waals surface area contributed by atoms with Crippen LogP contribution in [-0.4, -0.2) is 6.54 Å². The summed E-state index contributed by atoms with van der Waals surface area (Å²) in [7, 11) is 0. The van der Waals surface area contributed by atoms with Crippen molar-refractivity contribution in [1.82, 2.24) is 5.32 Å². The standard InChI is InChI=1S/C14H16BrNO/c1-9(16-8-10-2-3-10)14-7-11-6-12(15)4-5-13(11)17-14/h4-7,9-10,16H,2-3,8H2,1H3. The molecule has 0 spiro atoms. The van der Waals surface area contributed by atoms with Crippen molar-refractivity contribution >= 4 is 26.9 Å². The Morgan fingerprint density at radius 1 is 1.41 bits per heavy atom. The molecule has 0 saturated heterocycles. The zero-order chi connectivity index (χ0) is 11.8. The third kappa shape index (κ3) is 2.55. The van der Waals surface area contributed by atoms with Crippen molar-refractivity contribution in [3.63, 3.8) is 0 Å². The summed E-state index contributed by atoms with van der Waals surface area (Å²) in [6.45, 7) is 3.27. The fourth-order valence-electron chi connectivity index (χ4n) is 2.01. The first-order valence-electron chi connectivity index (χ1n) is 6.15. The maximum absolute atomic E-state index is 5.85. The van der Waals surface area contributed by atoms with Gasteiger partial charge in [-0.05, 0) is 56.5 Å². The molecule has 0 radical (unpaired) electrons. The summed E-state index contributed by atoms with van der Waals surface area (Å²) >= 11 is 3.48. The van der Waals surface area contributed by atoms with Crippen LogP contribution in [0, 0.1) is 5.92 Å². The minimum absolute atomic E-state index is 0.293. The van der Waals surface area contributed by atoms with E-state index in [4.69, 9.17) is 4.42 Å². The molecule has 1 aromatic heterocycles. The molecule has 17 heavy (non-hydrogen) atoms. The molecule has 1 aliphatic rings. The number of benzene rings is 1. The van der Waals surface area contributed by atoms with Crippen molar-refractivity contribution in [1.29, 1.82) is 0 Å². The number of furan rings is 1. The highest BCUT2D eigenvalue weighted by Gasteiger charge is 2.22. The van der Waals surface area contributed by atoms with Gasteiger partial charge in [-0.1, -0.05) is 15.9 Å². The van der Waals surface area contributed by atoms with Gasteiger partial charge in [-0.25, -0.2) is 0 Å². The second-order valence-electron chi connectivity index (χ2n) is 4.90. The van der Waals surface area contributed by atoms with E-state index in [1.54, 1.807) is 0 Å². The maximum Gasteiger partial charge on any atom is 0.134 e. The molecule has 2 nitrogen and oxygen atoms in total. The van der Waals surface area contributed by atoms with Gasteiger partial charge in [0.1, 0.15) is 11.3 Å². The molecule has 90 valence electrons. The Morgan fingerprint density at radius 3 is 3.00 bits per heavy atom. The molecular formula is C14H16BrNO. The maximum atomic E-state index is 5.85. The van der Waals surface area contributed by atoms with Gasteiger partial charge in [0.25, 0.3) is 0 Å². The minimum atomic E-state index is 0.293. The molecule has 1 atom stereocenters. The lowest BCUT2D eigenvalue weighted by atomic mass is 10.2. The number of halogens is 1. The van der Waals surface area contributed by atoms with E-state index in [1.165, 1.54) is 12.8 Å². The number of rotatable bonds is 4. The van der Waals surface area contributed by atoms with Gasteiger partial charge < -0.3 is 9.73 Å². The van der Waals surface area contributed by atoms with E-state index >= 15 is 0 Å². The van der Waals surface area contributed by atoms with Gasteiger partial charge in [0.15, 0.2) is 0 Å². The molecule has 2 aromatic rings. The van der Waals surface area contributed by atoms with Crippen LogP contribution in [-0.2, 0) is 0 Å². The van der Waals surface area contributed by atoms with Crippen molar-refractivity contribution in [2.45, 2.75) is 25.8 Å². The van der Waals surface area contributed by atoms with Gasteiger partial charge in [-0.3, -0.25) is 0 Å². The second kappa shape index (κ2) is 4.46. The summed E-state index contributed by atoms with van der Waals surface area (Å²) < 4.78 is 6.95. The molecule has 0 aliphatic heterocycles. The van der Waals surface area contributed by atoms with Gasteiger partial charge >= 0.3 is 0 Å². The van der Waals surface area contributed by atoms with Gasteiger partial charge in [0.2, 0.25) is 0 Å². The van der Waals surface area contributed by atoms with Crippen LogP contribution in [0.3, 0.4) is 0 Å². The van der Waals surface area contributed by atoms with E-state index in [2.05, 4.69) is 40.3 Å². The van der Waals surface area contributed by atoms with Gasteiger partial charge in [0, 0.05) is 9.86 Å². The van der Waals surface area contributed by atoms with Crippen molar-refractivity contribution < 1.29 is 4.42 Å². The van der Waals surface area contributed by atoms with E-state index in [0.717, 1.165) is 33.7 Å². The summed E-state index contributed by atoms with van der Waals surface area (Å²) in [5.74, 6) is 1.93. The highest BCUT2D eigenvalue weighted by molar-refractivity contribution is 9.10. The summed E-state index contributed by atoms with van der Waals surface area (Å²) in [5.41, 5.74) is 0.961. The van der Waals surface area contributed by atoms with Crippen LogP contribution in [0.5, 0.6) is 0 Å². The SMILES string of the molecule is CC(NCC1CC1)c1cc2cc(Br)ccc2o1. The average Bonchev–Trinajstić information content (AvgIpc) is 3.04. The number of fused-ring (bicyclic) bond motifs is 1. The van der Waals surface area contributed by atoms with Crippen LogP contribution >= 0.6 is 15.9 Å². The molecule has 1 N–H and O–H groups in total. The van der Waals surface area contributed by atoms with Crippen molar-refractivity contribution in [3.05, 3.63) is 34.5 Å². The highest BCUT2D eigenvalue weighted by atomic mass is 79.9. The zero-order valence-electron chi connectivity index (χ0n) is 9.87. The monoisotopic (exact) mass is 293 g/mol. The fraction of sp³-hybridized carbons (Fsp3) is 0.429.